The number of carboxylic acids is 1. The molecule has 1 amide bonds. The summed E-state index contributed by atoms with van der Waals surface area (Å²) in [5.74, 6) is -0.833. The van der Waals surface area contributed by atoms with Gasteiger partial charge in [-0.3, -0.25) is 14.5 Å². The number of hydrogen-bond donors (Lipinski definition) is 1. The van der Waals surface area contributed by atoms with Crippen molar-refractivity contribution in [1.29, 1.82) is 0 Å². The molecule has 1 rings (SSSR count). The smallest absolute Gasteiger partial charge is 0.320 e. The maximum Gasteiger partial charge on any atom is 0.320 e. The van der Waals surface area contributed by atoms with Gasteiger partial charge in [-0.15, -0.1) is 0 Å². The number of carbonyl (C=O) groups is 2. The lowest BCUT2D eigenvalue weighted by Crippen LogP contribution is -2.45. The molecule has 1 N–H and O–H groups in total. The Kier molecular flexibility index (Phi) is 4.29. The molecule has 0 aromatic heterocycles. The molecule has 0 radical (unpaired) electrons. The van der Waals surface area contributed by atoms with Crippen LogP contribution in [0.2, 0.25) is 0 Å². The molecule has 5 heteroatoms. The molecule has 1 saturated heterocycles. The van der Waals surface area contributed by atoms with Gasteiger partial charge in [0.2, 0.25) is 5.91 Å². The Morgan fingerprint density at radius 1 is 1.50 bits per heavy atom. The predicted molar refractivity (Wildman–Crippen MR) is 60.1 cm³/mol. The molecule has 1 fully saturated rings. The zero-order chi connectivity index (χ0) is 12.3. The molecule has 0 aromatic rings. The van der Waals surface area contributed by atoms with Crippen molar-refractivity contribution in [1.82, 2.24) is 9.80 Å². The molecule has 16 heavy (non-hydrogen) atoms. The summed E-state index contributed by atoms with van der Waals surface area (Å²) in [6.45, 7) is 4.80. The van der Waals surface area contributed by atoms with Gasteiger partial charge in [-0.05, 0) is 33.2 Å². The van der Waals surface area contributed by atoms with Crippen LogP contribution in [0, 0.1) is 0 Å². The number of nitrogens with zero attached hydrogens (tertiary/aromatic N) is 2. The van der Waals surface area contributed by atoms with Crippen molar-refractivity contribution in [3.05, 3.63) is 0 Å². The van der Waals surface area contributed by atoms with Gasteiger partial charge in [0.25, 0.3) is 0 Å². The van der Waals surface area contributed by atoms with Crippen molar-refractivity contribution in [3.63, 3.8) is 0 Å². The summed E-state index contributed by atoms with van der Waals surface area (Å²) in [5, 5.41) is 8.98. The van der Waals surface area contributed by atoms with E-state index >= 15 is 0 Å². The van der Waals surface area contributed by atoms with E-state index < -0.39 is 12.0 Å². The average molecular weight is 228 g/mol. The lowest BCUT2D eigenvalue weighted by Gasteiger charge is -2.26. The van der Waals surface area contributed by atoms with E-state index in [-0.39, 0.29) is 18.5 Å². The fourth-order valence-corrected chi connectivity index (χ4v) is 1.87. The Bertz CT molecular complexity index is 278. The van der Waals surface area contributed by atoms with Gasteiger partial charge in [-0.25, -0.2) is 0 Å². The highest BCUT2D eigenvalue weighted by Gasteiger charge is 2.32. The summed E-state index contributed by atoms with van der Waals surface area (Å²) in [6.07, 6.45) is 1.50. The minimum Gasteiger partial charge on any atom is -0.480 e. The standard InChI is InChI=1S/C11H20N2O3/c1-8(2)12(3)10(14)7-13-6-4-5-9(13)11(15)16/h8-9H,4-7H2,1-3H3,(H,15,16). The number of carbonyl (C=O) groups excluding carboxylic acids is 1. The molecule has 1 aliphatic heterocycles. The number of rotatable bonds is 4. The van der Waals surface area contributed by atoms with Crippen molar-refractivity contribution in [2.45, 2.75) is 38.8 Å². The molecule has 1 aliphatic rings. The van der Waals surface area contributed by atoms with E-state index in [1.54, 1.807) is 16.8 Å². The predicted octanol–water partition coefficient (Wildman–Crippen LogP) is 0.402. The van der Waals surface area contributed by atoms with Gasteiger partial charge < -0.3 is 10.0 Å². The van der Waals surface area contributed by atoms with Crippen LogP contribution in [0.25, 0.3) is 0 Å². The average Bonchev–Trinajstić information content (AvgIpc) is 2.64. The summed E-state index contributed by atoms with van der Waals surface area (Å²) < 4.78 is 0. The van der Waals surface area contributed by atoms with Crippen LogP contribution in [-0.4, -0.2) is 59.0 Å². The highest BCUT2D eigenvalue weighted by molar-refractivity contribution is 5.80. The number of likely N-dealkylation sites (tertiary alicyclic amines) is 1. The molecule has 0 spiro atoms. The Labute approximate surface area is 96.0 Å². The second-order valence-electron chi connectivity index (χ2n) is 4.57. The molecule has 1 heterocycles. The minimum absolute atomic E-state index is 0.0110. The molecule has 5 nitrogen and oxygen atoms in total. The first kappa shape index (κ1) is 13.0. The van der Waals surface area contributed by atoms with E-state index in [0.29, 0.717) is 13.0 Å². The van der Waals surface area contributed by atoms with Crippen molar-refractivity contribution in [3.8, 4) is 0 Å². The number of likely N-dealkylation sites (N-methyl/N-ethyl adjacent to an activating group) is 1. The zero-order valence-electron chi connectivity index (χ0n) is 10.1. The Balaban J connectivity index is 2.53. The molecule has 0 saturated carbocycles. The van der Waals surface area contributed by atoms with E-state index in [2.05, 4.69) is 0 Å². The second-order valence-corrected chi connectivity index (χ2v) is 4.57. The highest BCUT2D eigenvalue weighted by Crippen LogP contribution is 2.17. The number of amides is 1. The van der Waals surface area contributed by atoms with Crippen LogP contribution in [0.3, 0.4) is 0 Å². The largest absolute Gasteiger partial charge is 0.480 e. The monoisotopic (exact) mass is 228 g/mol. The van der Waals surface area contributed by atoms with E-state index in [4.69, 9.17) is 5.11 Å². The van der Waals surface area contributed by atoms with Crippen LogP contribution >= 0.6 is 0 Å². The fraction of sp³-hybridized carbons (Fsp3) is 0.818. The first-order chi connectivity index (χ1) is 7.43. The van der Waals surface area contributed by atoms with E-state index in [9.17, 15) is 9.59 Å². The van der Waals surface area contributed by atoms with Crippen molar-refractivity contribution >= 4 is 11.9 Å². The zero-order valence-corrected chi connectivity index (χ0v) is 10.1. The lowest BCUT2D eigenvalue weighted by atomic mass is 10.2. The van der Waals surface area contributed by atoms with Crippen molar-refractivity contribution in [2.24, 2.45) is 0 Å². The summed E-state index contributed by atoms with van der Waals surface area (Å²) in [6, 6.07) is -0.331. The summed E-state index contributed by atoms with van der Waals surface area (Å²) >= 11 is 0. The van der Waals surface area contributed by atoms with Crippen LogP contribution in [0.15, 0.2) is 0 Å². The molecule has 1 atom stereocenters. The first-order valence-electron chi connectivity index (χ1n) is 5.66. The molecular weight excluding hydrogens is 208 g/mol. The highest BCUT2D eigenvalue weighted by atomic mass is 16.4. The third kappa shape index (κ3) is 2.95. The third-order valence-corrected chi connectivity index (χ3v) is 3.16. The normalized spacial score (nSPS) is 21.4. The fourth-order valence-electron chi connectivity index (χ4n) is 1.87. The molecule has 0 aliphatic carbocycles. The van der Waals surface area contributed by atoms with Gasteiger partial charge in [0.05, 0.1) is 6.54 Å². The molecule has 0 aromatic carbocycles. The third-order valence-electron chi connectivity index (χ3n) is 3.16. The van der Waals surface area contributed by atoms with Gasteiger partial charge in [0.1, 0.15) is 6.04 Å². The van der Waals surface area contributed by atoms with E-state index in [1.807, 2.05) is 13.8 Å². The first-order valence-corrected chi connectivity index (χ1v) is 5.66. The quantitative estimate of drug-likeness (QED) is 0.756. The summed E-state index contributed by atoms with van der Waals surface area (Å²) in [7, 11) is 1.75. The van der Waals surface area contributed by atoms with Crippen molar-refractivity contribution < 1.29 is 14.7 Å². The number of carboxylic acid groups (broad SMARTS) is 1. The summed E-state index contributed by atoms with van der Waals surface area (Å²) in [5.41, 5.74) is 0. The summed E-state index contributed by atoms with van der Waals surface area (Å²) in [4.78, 5) is 26.1. The van der Waals surface area contributed by atoms with Crippen LogP contribution in [-0.2, 0) is 9.59 Å². The Morgan fingerprint density at radius 2 is 2.12 bits per heavy atom. The Hall–Kier alpha value is -1.10. The number of hydrogen-bond acceptors (Lipinski definition) is 3. The van der Waals surface area contributed by atoms with Gasteiger partial charge in [-0.1, -0.05) is 0 Å². The van der Waals surface area contributed by atoms with Crippen LogP contribution in [0.1, 0.15) is 26.7 Å². The Morgan fingerprint density at radius 3 is 2.62 bits per heavy atom. The van der Waals surface area contributed by atoms with Gasteiger partial charge in [0, 0.05) is 13.1 Å². The van der Waals surface area contributed by atoms with Crippen molar-refractivity contribution in [2.75, 3.05) is 20.1 Å². The minimum atomic E-state index is -0.822. The van der Waals surface area contributed by atoms with E-state index in [0.717, 1.165) is 6.42 Å². The van der Waals surface area contributed by atoms with Gasteiger partial charge in [-0.2, -0.15) is 0 Å². The maximum absolute atomic E-state index is 11.8. The SMILES string of the molecule is CC(C)N(C)C(=O)CN1CCCC1C(=O)O. The van der Waals surface area contributed by atoms with Gasteiger partial charge >= 0.3 is 5.97 Å². The molecule has 92 valence electrons. The maximum atomic E-state index is 11.8. The van der Waals surface area contributed by atoms with Crippen LogP contribution in [0.5, 0.6) is 0 Å². The molecular formula is C11H20N2O3. The van der Waals surface area contributed by atoms with Crippen LogP contribution < -0.4 is 0 Å². The van der Waals surface area contributed by atoms with Crippen LogP contribution in [0.4, 0.5) is 0 Å². The van der Waals surface area contributed by atoms with E-state index in [1.165, 1.54) is 0 Å². The number of aliphatic carboxylic acids is 1. The van der Waals surface area contributed by atoms with Gasteiger partial charge in [0.15, 0.2) is 0 Å². The lowest BCUT2D eigenvalue weighted by molar-refractivity contribution is -0.143. The second kappa shape index (κ2) is 5.30. The topological polar surface area (TPSA) is 60.9 Å². The molecule has 1 unspecified atom stereocenters. The molecule has 0 bridgehead atoms.